The van der Waals surface area contributed by atoms with Crippen molar-refractivity contribution in [1.82, 2.24) is 14.7 Å². The van der Waals surface area contributed by atoms with Gasteiger partial charge in [0.1, 0.15) is 0 Å². The Morgan fingerprint density at radius 1 is 1.19 bits per heavy atom. The standard InChI is InChI=1S/C14H12F3N3S/c15-14(16,17)12-4-2-1-3-10(12)7-18-8-11-9-20-5-6-21-13(20)19-11/h1-6,9,18H,7-8H2. The second kappa shape index (κ2) is 5.50. The smallest absolute Gasteiger partial charge is 0.307 e. The molecule has 2 heterocycles. The van der Waals surface area contributed by atoms with Gasteiger partial charge in [-0.3, -0.25) is 4.40 Å². The first-order valence-corrected chi connectivity index (χ1v) is 7.19. The average Bonchev–Trinajstić information content (AvgIpc) is 2.99. The number of hydrogen-bond donors (Lipinski definition) is 1. The lowest BCUT2D eigenvalue weighted by atomic mass is 10.1. The topological polar surface area (TPSA) is 29.3 Å². The van der Waals surface area contributed by atoms with Crippen molar-refractivity contribution in [2.24, 2.45) is 0 Å². The van der Waals surface area contributed by atoms with Crippen molar-refractivity contribution in [1.29, 1.82) is 0 Å². The van der Waals surface area contributed by atoms with Crippen LogP contribution < -0.4 is 5.32 Å². The summed E-state index contributed by atoms with van der Waals surface area (Å²) in [5.41, 5.74) is 0.459. The van der Waals surface area contributed by atoms with Gasteiger partial charge in [0.2, 0.25) is 0 Å². The molecule has 3 rings (SSSR count). The van der Waals surface area contributed by atoms with Crippen LogP contribution in [0.3, 0.4) is 0 Å². The molecule has 0 amide bonds. The fourth-order valence-corrected chi connectivity index (χ4v) is 2.86. The van der Waals surface area contributed by atoms with Gasteiger partial charge in [-0.25, -0.2) is 4.98 Å². The second-order valence-corrected chi connectivity index (χ2v) is 5.46. The van der Waals surface area contributed by atoms with Gasteiger partial charge in [0, 0.05) is 30.9 Å². The molecule has 3 nitrogen and oxygen atoms in total. The number of benzene rings is 1. The van der Waals surface area contributed by atoms with Crippen LogP contribution in [0, 0.1) is 0 Å². The van der Waals surface area contributed by atoms with E-state index < -0.39 is 11.7 Å². The first kappa shape index (κ1) is 14.1. The Morgan fingerprint density at radius 3 is 2.76 bits per heavy atom. The highest BCUT2D eigenvalue weighted by atomic mass is 32.1. The summed E-state index contributed by atoms with van der Waals surface area (Å²) < 4.78 is 40.5. The van der Waals surface area contributed by atoms with E-state index in [1.165, 1.54) is 23.5 Å². The predicted octanol–water partition coefficient (Wildman–Crippen LogP) is 3.70. The molecule has 0 spiro atoms. The lowest BCUT2D eigenvalue weighted by Gasteiger charge is -2.12. The summed E-state index contributed by atoms with van der Waals surface area (Å²) in [5.74, 6) is 0. The van der Waals surface area contributed by atoms with E-state index in [4.69, 9.17) is 0 Å². The van der Waals surface area contributed by atoms with E-state index in [-0.39, 0.29) is 12.1 Å². The van der Waals surface area contributed by atoms with Crippen LogP contribution in [0.1, 0.15) is 16.8 Å². The zero-order valence-electron chi connectivity index (χ0n) is 10.9. The maximum atomic E-state index is 12.9. The minimum Gasteiger partial charge on any atom is -0.307 e. The van der Waals surface area contributed by atoms with Gasteiger partial charge in [-0.15, -0.1) is 11.3 Å². The number of halogens is 3. The normalized spacial score (nSPS) is 12.1. The number of rotatable bonds is 4. The molecule has 0 unspecified atom stereocenters. The molecule has 3 aromatic rings. The third-order valence-corrected chi connectivity index (χ3v) is 3.86. The molecule has 0 bridgehead atoms. The zero-order valence-corrected chi connectivity index (χ0v) is 11.7. The van der Waals surface area contributed by atoms with Crippen LogP contribution in [-0.2, 0) is 19.3 Å². The van der Waals surface area contributed by atoms with Gasteiger partial charge in [0.05, 0.1) is 11.3 Å². The van der Waals surface area contributed by atoms with Crippen molar-refractivity contribution in [3.8, 4) is 0 Å². The second-order valence-electron chi connectivity index (χ2n) is 4.58. The Bertz CT molecular complexity index is 717. The maximum Gasteiger partial charge on any atom is 0.416 e. The highest BCUT2D eigenvalue weighted by Crippen LogP contribution is 2.31. The highest BCUT2D eigenvalue weighted by Gasteiger charge is 2.32. The Hall–Kier alpha value is -1.86. The van der Waals surface area contributed by atoms with Gasteiger partial charge in [0.25, 0.3) is 0 Å². The van der Waals surface area contributed by atoms with E-state index in [1.54, 1.807) is 6.07 Å². The first-order chi connectivity index (χ1) is 10.0. The Balaban J connectivity index is 1.67. The summed E-state index contributed by atoms with van der Waals surface area (Å²) >= 11 is 1.52. The van der Waals surface area contributed by atoms with Gasteiger partial charge in [-0.1, -0.05) is 18.2 Å². The lowest BCUT2D eigenvalue weighted by Crippen LogP contribution is -2.17. The molecule has 110 valence electrons. The number of fused-ring (bicyclic) bond motifs is 1. The van der Waals surface area contributed by atoms with Crippen LogP contribution in [0.25, 0.3) is 4.96 Å². The minimum absolute atomic E-state index is 0.154. The van der Waals surface area contributed by atoms with Crippen LogP contribution >= 0.6 is 11.3 Å². The maximum absolute atomic E-state index is 12.9. The third kappa shape index (κ3) is 3.08. The Morgan fingerprint density at radius 2 is 2.00 bits per heavy atom. The molecule has 0 saturated carbocycles. The highest BCUT2D eigenvalue weighted by molar-refractivity contribution is 7.15. The SMILES string of the molecule is FC(F)(F)c1ccccc1CNCc1cn2ccsc2n1. The van der Waals surface area contributed by atoms with Gasteiger partial charge < -0.3 is 5.32 Å². The summed E-state index contributed by atoms with van der Waals surface area (Å²) in [4.78, 5) is 5.25. The number of alkyl halides is 3. The largest absolute Gasteiger partial charge is 0.416 e. The van der Waals surface area contributed by atoms with Gasteiger partial charge in [-0.2, -0.15) is 13.2 Å². The minimum atomic E-state index is -4.32. The molecule has 1 N–H and O–H groups in total. The number of aromatic nitrogens is 2. The van der Waals surface area contributed by atoms with Crippen LogP contribution in [0.2, 0.25) is 0 Å². The summed E-state index contributed by atoms with van der Waals surface area (Å²) in [5, 5.41) is 4.94. The van der Waals surface area contributed by atoms with Crippen LogP contribution in [-0.4, -0.2) is 9.38 Å². The van der Waals surface area contributed by atoms with Crippen LogP contribution in [0.4, 0.5) is 13.2 Å². The summed E-state index contributed by atoms with van der Waals surface area (Å²) in [6, 6.07) is 5.60. The van der Waals surface area contributed by atoms with Crippen molar-refractivity contribution in [2.45, 2.75) is 19.3 Å². The number of nitrogens with one attached hydrogen (secondary N) is 1. The van der Waals surface area contributed by atoms with E-state index in [0.717, 1.165) is 16.7 Å². The number of nitrogens with zero attached hydrogens (tertiary/aromatic N) is 2. The van der Waals surface area contributed by atoms with E-state index in [1.807, 2.05) is 22.2 Å². The van der Waals surface area contributed by atoms with E-state index >= 15 is 0 Å². The lowest BCUT2D eigenvalue weighted by molar-refractivity contribution is -0.138. The Labute approximate surface area is 123 Å². The van der Waals surface area contributed by atoms with Crippen molar-refractivity contribution in [3.05, 3.63) is 58.9 Å². The van der Waals surface area contributed by atoms with Crippen molar-refractivity contribution < 1.29 is 13.2 Å². The van der Waals surface area contributed by atoms with Crippen LogP contribution in [0.5, 0.6) is 0 Å². The summed E-state index contributed by atoms with van der Waals surface area (Å²) in [6.07, 6.45) is -0.556. The molecular formula is C14H12F3N3S. The molecule has 0 aliphatic carbocycles. The summed E-state index contributed by atoms with van der Waals surface area (Å²) in [7, 11) is 0. The third-order valence-electron chi connectivity index (χ3n) is 3.09. The first-order valence-electron chi connectivity index (χ1n) is 6.31. The van der Waals surface area contributed by atoms with Crippen LogP contribution in [0.15, 0.2) is 42.0 Å². The molecule has 2 aromatic heterocycles. The van der Waals surface area contributed by atoms with Crippen molar-refractivity contribution in [2.75, 3.05) is 0 Å². The number of thiazole rings is 1. The molecule has 0 aliphatic heterocycles. The zero-order chi connectivity index (χ0) is 14.9. The molecule has 7 heteroatoms. The molecule has 0 aliphatic rings. The van der Waals surface area contributed by atoms with Crippen molar-refractivity contribution >= 4 is 16.3 Å². The molecule has 21 heavy (non-hydrogen) atoms. The van der Waals surface area contributed by atoms with E-state index in [9.17, 15) is 13.2 Å². The fourth-order valence-electron chi connectivity index (χ4n) is 2.14. The fraction of sp³-hybridized carbons (Fsp3) is 0.214. The van der Waals surface area contributed by atoms with Gasteiger partial charge in [0.15, 0.2) is 4.96 Å². The quantitative estimate of drug-likeness (QED) is 0.796. The molecular weight excluding hydrogens is 299 g/mol. The van der Waals surface area contributed by atoms with Gasteiger partial charge in [-0.05, 0) is 11.6 Å². The molecule has 1 aromatic carbocycles. The average molecular weight is 311 g/mol. The molecule has 0 radical (unpaired) electrons. The molecule has 0 fully saturated rings. The monoisotopic (exact) mass is 311 g/mol. The number of imidazole rings is 1. The van der Waals surface area contributed by atoms with Crippen molar-refractivity contribution in [3.63, 3.8) is 0 Å². The predicted molar refractivity (Wildman–Crippen MR) is 75.1 cm³/mol. The number of hydrogen-bond acceptors (Lipinski definition) is 3. The molecule has 0 saturated heterocycles. The van der Waals surface area contributed by atoms with E-state index in [2.05, 4.69) is 10.3 Å². The Kier molecular flexibility index (Phi) is 3.69. The van der Waals surface area contributed by atoms with Gasteiger partial charge >= 0.3 is 6.18 Å². The van der Waals surface area contributed by atoms with E-state index in [0.29, 0.717) is 6.54 Å². The molecule has 0 atom stereocenters. The summed E-state index contributed by atoms with van der Waals surface area (Å²) in [6.45, 7) is 0.585.